The van der Waals surface area contributed by atoms with Gasteiger partial charge >= 0.3 is 0 Å². The topological polar surface area (TPSA) is 56.1 Å². The Morgan fingerprint density at radius 3 is 2.94 bits per heavy atom. The van der Waals surface area contributed by atoms with Gasteiger partial charge in [0.05, 0.1) is 10.9 Å². The number of nitrogens with zero attached hydrogens (tertiary/aromatic N) is 2. The summed E-state index contributed by atoms with van der Waals surface area (Å²) in [4.78, 5) is 11.4. The van der Waals surface area contributed by atoms with Gasteiger partial charge in [-0.05, 0) is 25.1 Å². The molecule has 0 fully saturated rings. The molecule has 0 spiro atoms. The second-order valence-electron chi connectivity index (χ2n) is 3.96. The van der Waals surface area contributed by atoms with Crippen molar-refractivity contribution >= 4 is 32.7 Å². The van der Waals surface area contributed by atoms with Crippen molar-refractivity contribution in [3.8, 4) is 5.88 Å². The van der Waals surface area contributed by atoms with Crippen LogP contribution in [-0.2, 0) is 11.8 Å². The number of aryl methyl sites for hydroxylation is 1. The molecule has 18 heavy (non-hydrogen) atoms. The van der Waals surface area contributed by atoms with Crippen LogP contribution in [0.4, 0.5) is 0 Å². The lowest BCUT2D eigenvalue weighted by molar-refractivity contribution is -0.126. The summed E-state index contributed by atoms with van der Waals surface area (Å²) in [6, 6.07) is 5.81. The Bertz CT molecular complexity index is 594. The summed E-state index contributed by atoms with van der Waals surface area (Å²) in [5, 5.41) is 7.70. The first-order valence-corrected chi connectivity index (χ1v) is 6.32. The number of fused-ring (bicyclic) bond motifs is 1. The molecule has 0 radical (unpaired) electrons. The van der Waals surface area contributed by atoms with E-state index >= 15 is 0 Å². The summed E-state index contributed by atoms with van der Waals surface area (Å²) in [7, 11) is 3.42. The Morgan fingerprint density at radius 1 is 1.56 bits per heavy atom. The fourth-order valence-corrected chi connectivity index (χ4v) is 2.08. The molecule has 0 saturated carbocycles. The van der Waals surface area contributed by atoms with E-state index in [1.165, 1.54) is 0 Å². The van der Waals surface area contributed by atoms with E-state index in [4.69, 9.17) is 4.74 Å². The molecule has 0 aliphatic rings. The highest BCUT2D eigenvalue weighted by atomic mass is 79.9. The van der Waals surface area contributed by atoms with E-state index in [-0.39, 0.29) is 5.91 Å². The number of carbonyl (C=O) groups excluding carboxylic acids is 1. The molecule has 6 heteroatoms. The van der Waals surface area contributed by atoms with Crippen LogP contribution in [0, 0.1) is 0 Å². The molecule has 0 aliphatic heterocycles. The largest absolute Gasteiger partial charge is 0.463 e. The number of likely N-dealkylation sites (N-methyl/N-ethyl adjacent to an activating group) is 1. The van der Waals surface area contributed by atoms with Crippen LogP contribution in [0.2, 0.25) is 0 Å². The molecule has 1 aromatic heterocycles. The zero-order valence-electron chi connectivity index (χ0n) is 10.4. The summed E-state index contributed by atoms with van der Waals surface area (Å²) < 4.78 is 8.27. The summed E-state index contributed by atoms with van der Waals surface area (Å²) in [6.45, 7) is 1.69. The fraction of sp³-hybridized carbons (Fsp3) is 0.333. The average molecular weight is 312 g/mol. The van der Waals surface area contributed by atoms with E-state index in [1.54, 1.807) is 18.7 Å². The van der Waals surface area contributed by atoms with Gasteiger partial charge in [0, 0.05) is 18.6 Å². The minimum Gasteiger partial charge on any atom is -0.463 e. The van der Waals surface area contributed by atoms with Crippen LogP contribution in [0.1, 0.15) is 6.92 Å². The first-order chi connectivity index (χ1) is 8.52. The quantitative estimate of drug-likeness (QED) is 0.941. The Morgan fingerprint density at radius 2 is 2.28 bits per heavy atom. The van der Waals surface area contributed by atoms with Crippen molar-refractivity contribution in [3.63, 3.8) is 0 Å². The van der Waals surface area contributed by atoms with Gasteiger partial charge in [0.15, 0.2) is 6.10 Å². The molecular weight excluding hydrogens is 298 g/mol. The lowest BCUT2D eigenvalue weighted by Crippen LogP contribution is -2.33. The summed E-state index contributed by atoms with van der Waals surface area (Å²) in [6.07, 6.45) is -0.577. The van der Waals surface area contributed by atoms with Crippen LogP contribution >= 0.6 is 15.9 Å². The summed E-state index contributed by atoms with van der Waals surface area (Å²) in [5.41, 5.74) is 0.956. The molecule has 0 unspecified atom stereocenters. The van der Waals surface area contributed by atoms with Crippen molar-refractivity contribution in [3.05, 3.63) is 22.7 Å². The number of halogens is 1. The lowest BCUT2D eigenvalue weighted by atomic mass is 10.2. The van der Waals surface area contributed by atoms with Crippen molar-refractivity contribution in [1.29, 1.82) is 0 Å². The average Bonchev–Trinajstić information content (AvgIpc) is 2.64. The van der Waals surface area contributed by atoms with Crippen LogP contribution in [0.15, 0.2) is 22.7 Å². The van der Waals surface area contributed by atoms with Crippen molar-refractivity contribution in [2.24, 2.45) is 7.05 Å². The molecule has 96 valence electrons. The number of hydrogen-bond acceptors (Lipinski definition) is 3. The van der Waals surface area contributed by atoms with Gasteiger partial charge in [0.1, 0.15) is 0 Å². The minimum absolute atomic E-state index is 0.177. The Labute approximate surface area is 113 Å². The SMILES string of the molecule is CNC(=O)[C@H](C)Oc1nn(C)c2ccc(Br)cc12. The predicted octanol–water partition coefficient (Wildman–Crippen LogP) is 1.85. The number of amides is 1. The number of benzene rings is 1. The molecule has 1 N–H and O–H groups in total. The molecule has 0 saturated heterocycles. The minimum atomic E-state index is -0.577. The highest BCUT2D eigenvalue weighted by Gasteiger charge is 2.17. The van der Waals surface area contributed by atoms with Crippen LogP contribution < -0.4 is 10.1 Å². The number of hydrogen-bond donors (Lipinski definition) is 1. The third-order valence-corrected chi connectivity index (χ3v) is 3.18. The molecule has 2 aromatic rings. The van der Waals surface area contributed by atoms with E-state index in [2.05, 4.69) is 26.3 Å². The number of nitrogens with one attached hydrogen (secondary N) is 1. The molecule has 2 rings (SSSR count). The molecule has 0 aliphatic carbocycles. The predicted molar refractivity (Wildman–Crippen MR) is 72.6 cm³/mol. The third-order valence-electron chi connectivity index (χ3n) is 2.68. The van der Waals surface area contributed by atoms with Gasteiger partial charge in [-0.3, -0.25) is 9.48 Å². The van der Waals surface area contributed by atoms with E-state index in [0.717, 1.165) is 15.4 Å². The van der Waals surface area contributed by atoms with E-state index in [1.807, 2.05) is 25.2 Å². The van der Waals surface area contributed by atoms with Crippen LogP contribution in [0.25, 0.3) is 10.9 Å². The van der Waals surface area contributed by atoms with Gasteiger partial charge in [-0.1, -0.05) is 15.9 Å². The maximum atomic E-state index is 11.4. The van der Waals surface area contributed by atoms with Gasteiger partial charge < -0.3 is 10.1 Å². The van der Waals surface area contributed by atoms with Gasteiger partial charge in [-0.25, -0.2) is 0 Å². The van der Waals surface area contributed by atoms with Crippen LogP contribution in [-0.4, -0.2) is 28.8 Å². The second kappa shape index (κ2) is 4.97. The van der Waals surface area contributed by atoms with Crippen LogP contribution in [0.3, 0.4) is 0 Å². The van der Waals surface area contributed by atoms with Crippen molar-refractivity contribution in [2.45, 2.75) is 13.0 Å². The first-order valence-electron chi connectivity index (χ1n) is 5.53. The lowest BCUT2D eigenvalue weighted by Gasteiger charge is -2.10. The molecule has 1 aromatic carbocycles. The third kappa shape index (κ3) is 2.33. The number of carbonyl (C=O) groups is 1. The Kier molecular flexibility index (Phi) is 3.56. The zero-order valence-corrected chi connectivity index (χ0v) is 12.0. The molecule has 1 heterocycles. The highest BCUT2D eigenvalue weighted by molar-refractivity contribution is 9.10. The monoisotopic (exact) mass is 311 g/mol. The number of ether oxygens (including phenoxy) is 1. The van der Waals surface area contributed by atoms with Crippen LogP contribution in [0.5, 0.6) is 5.88 Å². The maximum absolute atomic E-state index is 11.4. The van der Waals surface area contributed by atoms with Gasteiger partial charge in [-0.15, -0.1) is 5.10 Å². The second-order valence-corrected chi connectivity index (χ2v) is 4.88. The van der Waals surface area contributed by atoms with Crippen molar-refractivity contribution in [2.75, 3.05) is 7.05 Å². The Balaban J connectivity index is 2.39. The summed E-state index contributed by atoms with van der Waals surface area (Å²) in [5.74, 6) is 0.286. The first kappa shape index (κ1) is 12.9. The molecule has 1 atom stereocenters. The molecular formula is C12H14BrN3O2. The van der Waals surface area contributed by atoms with E-state index in [9.17, 15) is 4.79 Å². The summed E-state index contributed by atoms with van der Waals surface area (Å²) >= 11 is 3.41. The van der Waals surface area contributed by atoms with Gasteiger partial charge in [0.25, 0.3) is 5.91 Å². The fourth-order valence-electron chi connectivity index (χ4n) is 1.72. The van der Waals surface area contributed by atoms with E-state index in [0.29, 0.717) is 5.88 Å². The highest BCUT2D eigenvalue weighted by Crippen LogP contribution is 2.28. The van der Waals surface area contributed by atoms with Gasteiger partial charge in [-0.2, -0.15) is 0 Å². The molecule has 0 bridgehead atoms. The number of rotatable bonds is 3. The molecule has 5 nitrogen and oxygen atoms in total. The van der Waals surface area contributed by atoms with E-state index < -0.39 is 6.10 Å². The standard InChI is InChI=1S/C12H14BrN3O2/c1-7(11(17)14-2)18-12-9-6-8(13)4-5-10(9)16(3)15-12/h4-7H,1-3H3,(H,14,17)/t7-/m0/s1. The number of aromatic nitrogens is 2. The van der Waals surface area contributed by atoms with Gasteiger partial charge in [0.2, 0.25) is 5.88 Å². The maximum Gasteiger partial charge on any atom is 0.260 e. The smallest absolute Gasteiger partial charge is 0.260 e. The molecule has 1 amide bonds. The van der Waals surface area contributed by atoms with Crippen molar-refractivity contribution < 1.29 is 9.53 Å². The normalized spacial score (nSPS) is 12.4. The zero-order chi connectivity index (χ0) is 13.3. The Hall–Kier alpha value is -1.56. The van der Waals surface area contributed by atoms with Crippen molar-refractivity contribution in [1.82, 2.24) is 15.1 Å².